The third-order valence-electron chi connectivity index (χ3n) is 9.61. The highest BCUT2D eigenvalue weighted by atomic mass is 16.6. The van der Waals surface area contributed by atoms with Gasteiger partial charge in [-0.2, -0.15) is 0 Å². The standard InChI is InChI=1S/C41H49NO7/c1-4-41(5-2,40(43)44)39(42-25-30-21-23-34(45-3)24-22-30)38-37(48-28-33-19-13-8-14-20-33)36(47-27-32-17-11-7-12-18-32)35(49-38)29-46-26-31-15-9-6-10-16-31/h6-24,35-39,42H,4-5,25-29H2,1-3H3,(H,43,44)/t35-,36+,37+,38?,39+/m1/s1. The van der Waals surface area contributed by atoms with E-state index in [1.165, 1.54) is 0 Å². The monoisotopic (exact) mass is 667 g/mol. The molecule has 4 aromatic carbocycles. The maximum absolute atomic E-state index is 13.3. The first-order valence-corrected chi connectivity index (χ1v) is 17.1. The zero-order valence-corrected chi connectivity index (χ0v) is 28.7. The van der Waals surface area contributed by atoms with Crippen LogP contribution in [-0.4, -0.2) is 55.3 Å². The number of aliphatic carboxylic acids is 1. The Balaban J connectivity index is 1.49. The van der Waals surface area contributed by atoms with Crippen LogP contribution < -0.4 is 10.1 Å². The summed E-state index contributed by atoms with van der Waals surface area (Å²) < 4.78 is 32.0. The minimum absolute atomic E-state index is 0.250. The predicted octanol–water partition coefficient (Wildman–Crippen LogP) is 7.20. The van der Waals surface area contributed by atoms with Crippen LogP contribution in [0.5, 0.6) is 5.75 Å². The van der Waals surface area contributed by atoms with Crippen molar-refractivity contribution in [1.82, 2.24) is 5.32 Å². The first kappa shape index (κ1) is 36.2. The molecule has 8 nitrogen and oxygen atoms in total. The van der Waals surface area contributed by atoms with Crippen LogP contribution in [0.4, 0.5) is 0 Å². The van der Waals surface area contributed by atoms with Crippen molar-refractivity contribution in [1.29, 1.82) is 0 Å². The van der Waals surface area contributed by atoms with Gasteiger partial charge in [0.1, 0.15) is 30.2 Å². The molecule has 5 rings (SSSR count). The summed E-state index contributed by atoms with van der Waals surface area (Å²) in [5, 5.41) is 14.5. The molecule has 0 saturated carbocycles. The summed E-state index contributed by atoms with van der Waals surface area (Å²) in [6.45, 7) is 5.61. The highest BCUT2D eigenvalue weighted by Crippen LogP contribution is 2.40. The number of rotatable bonds is 19. The number of ether oxygens (including phenoxy) is 5. The number of carbonyl (C=O) groups is 1. The summed E-state index contributed by atoms with van der Waals surface area (Å²) in [6.07, 6.45) is -1.51. The second-order valence-electron chi connectivity index (χ2n) is 12.5. The Morgan fingerprint density at radius 1 is 0.735 bits per heavy atom. The zero-order valence-electron chi connectivity index (χ0n) is 28.7. The molecule has 0 aliphatic carbocycles. The van der Waals surface area contributed by atoms with E-state index in [0.29, 0.717) is 39.2 Å². The third-order valence-corrected chi connectivity index (χ3v) is 9.61. The molecule has 5 atom stereocenters. The van der Waals surface area contributed by atoms with E-state index >= 15 is 0 Å². The molecular weight excluding hydrogens is 618 g/mol. The molecular formula is C41H49NO7. The van der Waals surface area contributed by atoms with Gasteiger partial charge in [-0.05, 0) is 47.2 Å². The molecule has 0 aromatic heterocycles. The molecule has 0 amide bonds. The van der Waals surface area contributed by atoms with Crippen LogP contribution in [0.15, 0.2) is 115 Å². The molecule has 0 bridgehead atoms. The van der Waals surface area contributed by atoms with Crippen molar-refractivity contribution in [2.24, 2.45) is 5.41 Å². The minimum atomic E-state index is -1.14. The van der Waals surface area contributed by atoms with Crippen molar-refractivity contribution >= 4 is 5.97 Å². The van der Waals surface area contributed by atoms with Gasteiger partial charge in [0.05, 0.1) is 45.0 Å². The number of methoxy groups -OCH3 is 1. The van der Waals surface area contributed by atoms with Crippen molar-refractivity contribution in [3.63, 3.8) is 0 Å². The summed E-state index contributed by atoms with van der Waals surface area (Å²) in [4.78, 5) is 13.3. The predicted molar refractivity (Wildman–Crippen MR) is 189 cm³/mol. The first-order valence-electron chi connectivity index (χ1n) is 17.1. The van der Waals surface area contributed by atoms with Gasteiger partial charge >= 0.3 is 5.97 Å². The SMILES string of the molecule is CCC(CC)(C(=O)O)[C@@H](NCc1ccc(OC)cc1)C1O[C@H](COCc2ccccc2)[C@H](OCc2ccccc2)[C@@H]1OCc1ccccc1. The molecule has 1 fully saturated rings. The maximum atomic E-state index is 13.3. The lowest BCUT2D eigenvalue weighted by atomic mass is 9.72. The Kier molecular flexibility index (Phi) is 13.4. The molecule has 1 saturated heterocycles. The van der Waals surface area contributed by atoms with Crippen molar-refractivity contribution in [3.8, 4) is 5.75 Å². The molecule has 1 aliphatic rings. The Labute approximate surface area is 290 Å². The van der Waals surface area contributed by atoms with Crippen LogP contribution >= 0.6 is 0 Å². The molecule has 4 aromatic rings. The zero-order chi connectivity index (χ0) is 34.5. The van der Waals surface area contributed by atoms with E-state index in [-0.39, 0.29) is 6.61 Å². The Bertz CT molecular complexity index is 1530. The summed E-state index contributed by atoms with van der Waals surface area (Å²) in [6, 6.07) is 37.1. The number of benzene rings is 4. The lowest BCUT2D eigenvalue weighted by Crippen LogP contribution is -2.59. The molecule has 0 spiro atoms. The van der Waals surface area contributed by atoms with E-state index in [9.17, 15) is 9.90 Å². The topological polar surface area (TPSA) is 95.5 Å². The fourth-order valence-electron chi connectivity index (χ4n) is 6.67. The Morgan fingerprint density at radius 2 is 1.24 bits per heavy atom. The molecule has 49 heavy (non-hydrogen) atoms. The second kappa shape index (κ2) is 18.1. The average Bonchev–Trinajstić information content (AvgIpc) is 3.49. The van der Waals surface area contributed by atoms with Gasteiger partial charge in [-0.15, -0.1) is 0 Å². The lowest BCUT2D eigenvalue weighted by Gasteiger charge is -2.41. The van der Waals surface area contributed by atoms with Crippen LogP contribution in [0.2, 0.25) is 0 Å². The van der Waals surface area contributed by atoms with Gasteiger partial charge in [0.2, 0.25) is 0 Å². The van der Waals surface area contributed by atoms with Crippen LogP contribution in [0.1, 0.15) is 48.9 Å². The average molecular weight is 668 g/mol. The van der Waals surface area contributed by atoms with Gasteiger partial charge in [-0.3, -0.25) is 4.79 Å². The van der Waals surface area contributed by atoms with Crippen molar-refractivity contribution in [3.05, 3.63) is 138 Å². The van der Waals surface area contributed by atoms with Crippen molar-refractivity contribution < 1.29 is 33.6 Å². The molecule has 1 aliphatic heterocycles. The number of carboxylic acid groups (broad SMARTS) is 1. The quantitative estimate of drug-likeness (QED) is 0.108. The van der Waals surface area contributed by atoms with E-state index in [1.807, 2.05) is 129 Å². The summed E-state index contributed by atoms with van der Waals surface area (Å²) in [7, 11) is 1.64. The smallest absolute Gasteiger partial charge is 0.311 e. The third kappa shape index (κ3) is 9.35. The number of hydrogen-bond donors (Lipinski definition) is 2. The summed E-state index contributed by atoms with van der Waals surface area (Å²) >= 11 is 0. The second-order valence-corrected chi connectivity index (χ2v) is 12.5. The van der Waals surface area contributed by atoms with E-state index in [2.05, 4.69) is 5.32 Å². The molecule has 0 radical (unpaired) electrons. The van der Waals surface area contributed by atoms with Crippen LogP contribution in [-0.2, 0) is 50.1 Å². The van der Waals surface area contributed by atoms with Gasteiger partial charge in [-0.25, -0.2) is 0 Å². The van der Waals surface area contributed by atoms with Gasteiger partial charge in [-0.1, -0.05) is 117 Å². The van der Waals surface area contributed by atoms with Gasteiger partial charge in [0, 0.05) is 6.54 Å². The molecule has 1 heterocycles. The molecule has 2 N–H and O–H groups in total. The minimum Gasteiger partial charge on any atom is -0.497 e. The highest BCUT2D eigenvalue weighted by Gasteiger charge is 2.56. The highest BCUT2D eigenvalue weighted by molar-refractivity contribution is 5.75. The van der Waals surface area contributed by atoms with Crippen LogP contribution in [0.25, 0.3) is 0 Å². The summed E-state index contributed by atoms with van der Waals surface area (Å²) in [5.74, 6) is -0.117. The lowest BCUT2D eigenvalue weighted by molar-refractivity contribution is -0.158. The van der Waals surface area contributed by atoms with Crippen molar-refractivity contribution in [2.45, 2.75) is 83.5 Å². The molecule has 1 unspecified atom stereocenters. The molecule has 260 valence electrons. The van der Waals surface area contributed by atoms with Crippen LogP contribution in [0, 0.1) is 5.41 Å². The number of hydrogen-bond acceptors (Lipinski definition) is 7. The van der Waals surface area contributed by atoms with Gasteiger partial charge in [0.25, 0.3) is 0 Å². The van der Waals surface area contributed by atoms with Crippen molar-refractivity contribution in [2.75, 3.05) is 13.7 Å². The largest absolute Gasteiger partial charge is 0.497 e. The van der Waals surface area contributed by atoms with Gasteiger partial charge < -0.3 is 34.1 Å². The summed E-state index contributed by atoms with van der Waals surface area (Å²) in [5.41, 5.74) is 2.93. The first-order chi connectivity index (χ1) is 24.0. The number of nitrogens with one attached hydrogen (secondary N) is 1. The molecule has 8 heteroatoms. The Morgan fingerprint density at radius 3 is 1.73 bits per heavy atom. The van der Waals surface area contributed by atoms with E-state index in [4.69, 9.17) is 23.7 Å². The van der Waals surface area contributed by atoms with E-state index < -0.39 is 41.8 Å². The normalized spacial score (nSPS) is 19.8. The fourth-order valence-corrected chi connectivity index (χ4v) is 6.67. The Hall–Kier alpha value is -4.05. The van der Waals surface area contributed by atoms with E-state index in [0.717, 1.165) is 28.0 Å². The van der Waals surface area contributed by atoms with Crippen LogP contribution in [0.3, 0.4) is 0 Å². The number of carboxylic acids is 1. The maximum Gasteiger partial charge on any atom is 0.311 e. The van der Waals surface area contributed by atoms with Gasteiger partial charge in [0.15, 0.2) is 0 Å². The van der Waals surface area contributed by atoms with E-state index in [1.54, 1.807) is 7.11 Å². The fraction of sp³-hybridized carbons (Fsp3) is 0.390.